The Hall–Kier alpha value is -1.49. The number of unbranched alkanes of at least 4 members (excludes halogenated alkanes) is 1. The molecule has 0 heterocycles. The highest BCUT2D eigenvalue weighted by atomic mass is 32.1. The third kappa shape index (κ3) is 4.95. The van der Waals surface area contributed by atoms with Crippen LogP contribution in [-0.2, 0) is 0 Å². The van der Waals surface area contributed by atoms with E-state index in [-0.39, 0.29) is 11.5 Å². The van der Waals surface area contributed by atoms with Gasteiger partial charge < -0.3 is 10.6 Å². The number of benzene rings is 1. The van der Waals surface area contributed by atoms with Gasteiger partial charge in [0.2, 0.25) is 0 Å². The molecule has 5 heteroatoms. The molecule has 0 bridgehead atoms. The maximum Gasteiger partial charge on any atom is 0.256 e. The number of amides is 1. The average molecular weight is 282 g/mol. The molecule has 1 rings (SSSR count). The molecule has 0 fully saturated rings. The Labute approximate surface area is 118 Å². The fourth-order valence-electron chi connectivity index (χ4n) is 1.71. The van der Waals surface area contributed by atoms with Crippen molar-refractivity contribution in [2.45, 2.75) is 26.2 Å². The molecule has 1 aromatic rings. The molecule has 104 valence electrons. The zero-order valence-electron chi connectivity index (χ0n) is 11.1. The Morgan fingerprint density at radius 3 is 2.63 bits per heavy atom. The quantitative estimate of drug-likeness (QED) is 0.782. The Bertz CT molecular complexity index is 451. The second-order valence-corrected chi connectivity index (χ2v) is 4.87. The molecule has 0 unspecified atom stereocenters. The molecule has 0 radical (unpaired) electrons. The molecule has 3 nitrogen and oxygen atoms in total. The van der Waals surface area contributed by atoms with Crippen molar-refractivity contribution in [3.63, 3.8) is 0 Å². The molecule has 0 atom stereocenters. The van der Waals surface area contributed by atoms with E-state index in [0.717, 1.165) is 12.8 Å². The molecule has 0 saturated carbocycles. The van der Waals surface area contributed by atoms with Crippen molar-refractivity contribution in [1.82, 2.24) is 4.90 Å². The van der Waals surface area contributed by atoms with Crippen LogP contribution in [0.4, 0.5) is 4.39 Å². The minimum atomic E-state index is -0.496. The molecule has 0 aliphatic carbocycles. The van der Waals surface area contributed by atoms with Gasteiger partial charge in [0.15, 0.2) is 0 Å². The number of hydrogen-bond donors (Lipinski definition) is 1. The smallest absolute Gasteiger partial charge is 0.256 e. The van der Waals surface area contributed by atoms with E-state index in [0.29, 0.717) is 24.5 Å². The van der Waals surface area contributed by atoms with Crippen molar-refractivity contribution in [2.24, 2.45) is 5.73 Å². The topological polar surface area (TPSA) is 46.3 Å². The van der Waals surface area contributed by atoms with Crippen LogP contribution >= 0.6 is 12.2 Å². The van der Waals surface area contributed by atoms with Gasteiger partial charge in [-0.2, -0.15) is 0 Å². The van der Waals surface area contributed by atoms with Crippen LogP contribution < -0.4 is 5.73 Å². The van der Waals surface area contributed by atoms with Gasteiger partial charge >= 0.3 is 0 Å². The van der Waals surface area contributed by atoms with Gasteiger partial charge in [-0.15, -0.1) is 0 Å². The Balaban J connectivity index is 2.81. The van der Waals surface area contributed by atoms with Crippen LogP contribution in [0.3, 0.4) is 0 Å². The lowest BCUT2D eigenvalue weighted by atomic mass is 10.1. The Morgan fingerprint density at radius 1 is 1.37 bits per heavy atom. The highest BCUT2D eigenvalue weighted by Crippen LogP contribution is 2.11. The molecule has 0 saturated heterocycles. The minimum Gasteiger partial charge on any atom is -0.393 e. The van der Waals surface area contributed by atoms with Gasteiger partial charge in [-0.05, 0) is 18.6 Å². The van der Waals surface area contributed by atoms with E-state index in [2.05, 4.69) is 0 Å². The summed E-state index contributed by atoms with van der Waals surface area (Å²) in [5.74, 6) is -0.799. The molecule has 0 aliphatic rings. The third-order valence-electron chi connectivity index (χ3n) is 2.80. The van der Waals surface area contributed by atoms with Crippen LogP contribution in [0.1, 0.15) is 36.5 Å². The maximum absolute atomic E-state index is 13.6. The number of halogens is 1. The summed E-state index contributed by atoms with van der Waals surface area (Å²) < 4.78 is 13.6. The number of rotatable bonds is 7. The van der Waals surface area contributed by atoms with Gasteiger partial charge in [-0.25, -0.2) is 4.39 Å². The van der Waals surface area contributed by atoms with Crippen molar-refractivity contribution >= 4 is 23.1 Å². The summed E-state index contributed by atoms with van der Waals surface area (Å²) in [5.41, 5.74) is 5.56. The van der Waals surface area contributed by atoms with Crippen molar-refractivity contribution in [2.75, 3.05) is 13.1 Å². The number of nitrogens with two attached hydrogens (primary N) is 1. The summed E-state index contributed by atoms with van der Waals surface area (Å²) >= 11 is 4.82. The molecule has 0 aliphatic heterocycles. The lowest BCUT2D eigenvalue weighted by Gasteiger charge is -2.22. The number of carbonyl (C=O) groups excluding carboxylic acids is 1. The van der Waals surface area contributed by atoms with Crippen molar-refractivity contribution in [3.05, 3.63) is 35.6 Å². The fraction of sp³-hybridized carbons (Fsp3) is 0.429. The molecule has 0 aromatic heterocycles. The normalized spacial score (nSPS) is 10.2. The molecular weight excluding hydrogens is 263 g/mol. The van der Waals surface area contributed by atoms with Gasteiger partial charge in [0.1, 0.15) is 5.82 Å². The Morgan fingerprint density at radius 2 is 2.05 bits per heavy atom. The lowest BCUT2D eigenvalue weighted by Crippen LogP contribution is -2.35. The third-order valence-corrected chi connectivity index (χ3v) is 3.01. The van der Waals surface area contributed by atoms with E-state index < -0.39 is 5.82 Å². The Kier molecular flexibility index (Phi) is 6.42. The first-order chi connectivity index (χ1) is 9.06. The van der Waals surface area contributed by atoms with Crippen LogP contribution in [-0.4, -0.2) is 28.9 Å². The summed E-state index contributed by atoms with van der Waals surface area (Å²) in [5, 5.41) is 0. The first kappa shape index (κ1) is 15.6. The van der Waals surface area contributed by atoms with Gasteiger partial charge in [0.25, 0.3) is 5.91 Å². The minimum absolute atomic E-state index is 0.0987. The van der Waals surface area contributed by atoms with E-state index in [4.69, 9.17) is 18.0 Å². The van der Waals surface area contributed by atoms with Crippen molar-refractivity contribution in [3.8, 4) is 0 Å². The van der Waals surface area contributed by atoms with E-state index in [1.165, 1.54) is 12.1 Å². The number of carbonyl (C=O) groups is 1. The molecule has 19 heavy (non-hydrogen) atoms. The molecular formula is C14H19FN2OS. The summed E-state index contributed by atoms with van der Waals surface area (Å²) in [4.78, 5) is 14.3. The van der Waals surface area contributed by atoms with Gasteiger partial charge in [-0.1, -0.05) is 37.7 Å². The van der Waals surface area contributed by atoms with Crippen LogP contribution in [0.15, 0.2) is 24.3 Å². The van der Waals surface area contributed by atoms with Gasteiger partial charge in [-0.3, -0.25) is 4.79 Å². The zero-order chi connectivity index (χ0) is 14.3. The first-order valence-corrected chi connectivity index (χ1v) is 6.79. The second kappa shape index (κ2) is 7.84. The van der Waals surface area contributed by atoms with Crippen molar-refractivity contribution < 1.29 is 9.18 Å². The SMILES string of the molecule is CCCCN(CCC(N)=S)C(=O)c1ccccc1F. The fourth-order valence-corrected chi connectivity index (χ4v) is 1.81. The number of hydrogen-bond acceptors (Lipinski definition) is 2. The summed E-state index contributed by atoms with van der Waals surface area (Å²) in [6, 6.07) is 6.01. The maximum atomic E-state index is 13.6. The summed E-state index contributed by atoms with van der Waals surface area (Å²) in [7, 11) is 0. The molecule has 1 aromatic carbocycles. The van der Waals surface area contributed by atoms with E-state index in [9.17, 15) is 9.18 Å². The van der Waals surface area contributed by atoms with E-state index in [1.54, 1.807) is 17.0 Å². The molecule has 2 N–H and O–H groups in total. The largest absolute Gasteiger partial charge is 0.393 e. The predicted molar refractivity (Wildman–Crippen MR) is 78.6 cm³/mol. The summed E-state index contributed by atoms with van der Waals surface area (Å²) in [6.45, 7) is 3.06. The lowest BCUT2D eigenvalue weighted by molar-refractivity contribution is 0.0753. The number of thiocarbonyl (C=S) groups is 1. The summed E-state index contributed by atoms with van der Waals surface area (Å²) in [6.07, 6.45) is 2.30. The zero-order valence-corrected chi connectivity index (χ0v) is 11.9. The van der Waals surface area contributed by atoms with E-state index >= 15 is 0 Å². The first-order valence-electron chi connectivity index (χ1n) is 6.38. The predicted octanol–water partition coefficient (Wildman–Crippen LogP) is 2.74. The van der Waals surface area contributed by atoms with Crippen LogP contribution in [0.5, 0.6) is 0 Å². The highest BCUT2D eigenvalue weighted by Gasteiger charge is 2.18. The van der Waals surface area contributed by atoms with Crippen LogP contribution in [0, 0.1) is 5.82 Å². The number of nitrogens with zero attached hydrogens (tertiary/aromatic N) is 1. The highest BCUT2D eigenvalue weighted by molar-refractivity contribution is 7.80. The van der Waals surface area contributed by atoms with Crippen LogP contribution in [0.2, 0.25) is 0 Å². The van der Waals surface area contributed by atoms with E-state index in [1.807, 2.05) is 6.92 Å². The molecule has 1 amide bonds. The standard InChI is InChI=1S/C14H19FN2OS/c1-2-3-9-17(10-8-13(16)19)14(18)11-6-4-5-7-12(11)15/h4-7H,2-3,8-10H2,1H3,(H2,16,19). The monoisotopic (exact) mass is 282 g/mol. The van der Waals surface area contributed by atoms with Crippen molar-refractivity contribution in [1.29, 1.82) is 0 Å². The molecule has 0 spiro atoms. The van der Waals surface area contributed by atoms with Crippen LogP contribution in [0.25, 0.3) is 0 Å². The van der Waals surface area contributed by atoms with Gasteiger partial charge in [0.05, 0.1) is 10.6 Å². The van der Waals surface area contributed by atoms with Gasteiger partial charge in [0, 0.05) is 19.5 Å². The average Bonchev–Trinajstić information content (AvgIpc) is 2.38. The second-order valence-electron chi connectivity index (χ2n) is 4.34.